The van der Waals surface area contributed by atoms with Gasteiger partial charge in [-0.2, -0.15) is 0 Å². The van der Waals surface area contributed by atoms with Crippen molar-refractivity contribution in [1.29, 1.82) is 0 Å². The molecule has 0 N–H and O–H groups in total. The Morgan fingerprint density at radius 2 is 1.00 bits per heavy atom. The number of hydrogen-bond acceptors (Lipinski definition) is 9. The molecule has 0 aromatic rings. The zero-order chi connectivity index (χ0) is 18.6. The van der Waals surface area contributed by atoms with Gasteiger partial charge < -0.3 is 27.8 Å². The first kappa shape index (κ1) is 26.2. The molecule has 25 heavy (non-hydrogen) atoms. The molecule has 0 fully saturated rings. The van der Waals surface area contributed by atoms with Gasteiger partial charge in [0.25, 0.3) is 13.0 Å². The summed E-state index contributed by atoms with van der Waals surface area (Å²) in [6, 6.07) is 2.01. The molecule has 0 aliphatic heterocycles. The minimum Gasteiger partial charge on any atom is -0.372 e. The van der Waals surface area contributed by atoms with E-state index in [4.69, 9.17) is 27.8 Å². The van der Waals surface area contributed by atoms with Crippen molar-refractivity contribution >= 4 is 50.9 Å². The fourth-order valence-corrected chi connectivity index (χ4v) is 7.57. The monoisotopic (exact) mass is 446 g/mol. The first-order valence-corrected chi connectivity index (χ1v) is 14.5. The summed E-state index contributed by atoms with van der Waals surface area (Å²) in [6.45, 7) is 9.07. The Labute approximate surface area is 169 Å². The molecular weight excluding hydrogens is 417 g/mol. The summed E-state index contributed by atoms with van der Waals surface area (Å²) >= 11 is 0. The van der Waals surface area contributed by atoms with Crippen LogP contribution in [0.3, 0.4) is 0 Å². The maximum absolute atomic E-state index is 5.56. The van der Waals surface area contributed by atoms with Crippen LogP contribution in [0.2, 0.25) is 12.1 Å². The predicted octanol–water partition coefficient (Wildman–Crippen LogP) is 3.84. The minimum atomic E-state index is -0.515. The van der Waals surface area contributed by atoms with Gasteiger partial charge in [0.1, 0.15) is 0 Å². The number of hydrogen-bond donors (Lipinski definition) is 0. The fraction of sp³-hybridized carbons (Fsp3) is 1.00. The van der Waals surface area contributed by atoms with Crippen molar-refractivity contribution in [2.75, 3.05) is 37.9 Å². The molecule has 0 aromatic carbocycles. The van der Waals surface area contributed by atoms with E-state index in [2.05, 4.69) is 0 Å². The predicted molar refractivity (Wildman–Crippen MR) is 110 cm³/mol. The molecular formula is C14H30O6S3Si2. The molecule has 0 aliphatic rings. The van der Waals surface area contributed by atoms with E-state index in [1.54, 1.807) is 0 Å². The second-order valence-corrected chi connectivity index (χ2v) is 10.7. The lowest BCUT2D eigenvalue weighted by Crippen LogP contribution is -2.23. The second-order valence-electron chi connectivity index (χ2n) is 4.14. The zero-order valence-corrected chi connectivity index (χ0v) is 19.9. The third kappa shape index (κ3) is 18.4. The van der Waals surface area contributed by atoms with Crippen LogP contribution >= 0.6 is 31.4 Å². The smallest absolute Gasteiger partial charge is 0.261 e. The average Bonchev–Trinajstić information content (AvgIpc) is 2.60. The molecule has 11 heteroatoms. The SMILES string of the molecule is CCOC(OCC)O[Si]CCSSSCC[Si]OC(OCC)OCC. The van der Waals surface area contributed by atoms with Crippen LogP contribution in [0.1, 0.15) is 27.7 Å². The highest BCUT2D eigenvalue weighted by molar-refractivity contribution is 9.09. The van der Waals surface area contributed by atoms with Crippen LogP contribution in [-0.2, 0) is 27.8 Å². The summed E-state index contributed by atoms with van der Waals surface area (Å²) < 4.78 is 32.4. The highest BCUT2D eigenvalue weighted by Gasteiger charge is 2.09. The van der Waals surface area contributed by atoms with Crippen molar-refractivity contribution in [2.24, 2.45) is 0 Å². The maximum Gasteiger partial charge on any atom is 0.261 e. The van der Waals surface area contributed by atoms with Gasteiger partial charge in [0.15, 0.2) is 0 Å². The van der Waals surface area contributed by atoms with Gasteiger partial charge in [-0.05, 0) is 49.6 Å². The Morgan fingerprint density at radius 1 is 0.640 bits per heavy atom. The van der Waals surface area contributed by atoms with Crippen molar-refractivity contribution in [1.82, 2.24) is 0 Å². The van der Waals surface area contributed by atoms with E-state index in [-0.39, 0.29) is 0 Å². The topological polar surface area (TPSA) is 55.4 Å². The van der Waals surface area contributed by atoms with Gasteiger partial charge in [0.05, 0.1) is 0 Å². The van der Waals surface area contributed by atoms with Gasteiger partial charge in [-0.25, -0.2) is 0 Å². The van der Waals surface area contributed by atoms with Crippen LogP contribution in [0.4, 0.5) is 0 Å². The van der Waals surface area contributed by atoms with Gasteiger partial charge in [-0.1, -0.05) is 21.6 Å². The van der Waals surface area contributed by atoms with E-state index in [1.165, 1.54) is 0 Å². The zero-order valence-electron chi connectivity index (χ0n) is 15.5. The molecule has 0 amide bonds. The Hall–Kier alpha value is 1.24. The molecule has 0 atom stereocenters. The molecule has 0 aliphatic carbocycles. The normalized spacial score (nSPS) is 11.8. The third-order valence-electron chi connectivity index (χ3n) is 2.24. The van der Waals surface area contributed by atoms with Crippen LogP contribution < -0.4 is 0 Å². The van der Waals surface area contributed by atoms with E-state index in [0.717, 1.165) is 23.6 Å². The largest absolute Gasteiger partial charge is 0.372 e. The van der Waals surface area contributed by atoms with Crippen molar-refractivity contribution in [3.63, 3.8) is 0 Å². The van der Waals surface area contributed by atoms with Gasteiger partial charge in [-0.3, -0.25) is 0 Å². The maximum atomic E-state index is 5.56. The fourth-order valence-electron chi connectivity index (χ4n) is 1.30. The van der Waals surface area contributed by atoms with Crippen LogP contribution in [0.25, 0.3) is 0 Å². The van der Waals surface area contributed by atoms with Gasteiger partial charge in [0, 0.05) is 37.9 Å². The molecule has 4 radical (unpaired) electrons. The van der Waals surface area contributed by atoms with E-state index >= 15 is 0 Å². The summed E-state index contributed by atoms with van der Waals surface area (Å²) in [7, 11) is 6.32. The van der Waals surface area contributed by atoms with Crippen molar-refractivity contribution in [3.8, 4) is 0 Å². The molecule has 0 heterocycles. The molecule has 0 spiro atoms. The minimum absolute atomic E-state index is 0.401. The highest BCUT2D eigenvalue weighted by Crippen LogP contribution is 2.35. The quantitative estimate of drug-likeness (QED) is 0.120. The van der Waals surface area contributed by atoms with Gasteiger partial charge in [0.2, 0.25) is 19.5 Å². The molecule has 0 saturated carbocycles. The average molecular weight is 447 g/mol. The van der Waals surface area contributed by atoms with E-state index < -0.39 is 13.0 Å². The summed E-state index contributed by atoms with van der Waals surface area (Å²) in [5.41, 5.74) is 0. The second kappa shape index (κ2) is 21.5. The Bertz CT molecular complexity index is 237. The van der Waals surface area contributed by atoms with E-state index in [1.807, 2.05) is 59.1 Å². The molecule has 6 nitrogen and oxygen atoms in total. The summed E-state index contributed by atoms with van der Waals surface area (Å²) in [5.74, 6) is 2.10. The summed E-state index contributed by atoms with van der Waals surface area (Å²) in [5, 5.41) is 0. The Morgan fingerprint density at radius 3 is 1.32 bits per heavy atom. The highest BCUT2D eigenvalue weighted by atomic mass is 33.5. The first-order valence-electron chi connectivity index (χ1n) is 8.42. The van der Waals surface area contributed by atoms with Gasteiger partial charge >= 0.3 is 0 Å². The first-order chi connectivity index (χ1) is 12.3. The Kier molecular flexibility index (Phi) is 22.6. The molecule has 0 bridgehead atoms. The van der Waals surface area contributed by atoms with E-state index in [0.29, 0.717) is 46.0 Å². The molecule has 148 valence electrons. The summed E-state index contributed by atoms with van der Waals surface area (Å²) in [6.07, 6.45) is 0. The summed E-state index contributed by atoms with van der Waals surface area (Å²) in [4.78, 5) is 0. The van der Waals surface area contributed by atoms with Gasteiger partial charge in [-0.15, -0.1) is 0 Å². The molecule has 0 aromatic heterocycles. The van der Waals surface area contributed by atoms with Crippen LogP contribution in [0.15, 0.2) is 0 Å². The Balaban J connectivity index is 3.35. The van der Waals surface area contributed by atoms with Crippen LogP contribution in [0.5, 0.6) is 0 Å². The lowest BCUT2D eigenvalue weighted by Gasteiger charge is -2.16. The van der Waals surface area contributed by atoms with Crippen LogP contribution in [0, 0.1) is 0 Å². The van der Waals surface area contributed by atoms with Crippen LogP contribution in [-0.4, -0.2) is 70.4 Å². The van der Waals surface area contributed by atoms with Crippen molar-refractivity contribution in [2.45, 2.75) is 52.7 Å². The lowest BCUT2D eigenvalue weighted by atomic mass is 10.8. The molecule has 0 rings (SSSR count). The third-order valence-corrected chi connectivity index (χ3v) is 8.84. The van der Waals surface area contributed by atoms with E-state index in [9.17, 15) is 0 Å². The van der Waals surface area contributed by atoms with Crippen molar-refractivity contribution < 1.29 is 27.8 Å². The molecule has 0 saturated heterocycles. The number of ether oxygens (including phenoxy) is 4. The standard InChI is InChI=1S/C14H30O6S3Si2/c1-5-15-13(16-6-2)19-24-11-9-21-23-22-10-12-25-20-14(17-7-3)18-8-4/h13-14H,5-12H2,1-4H3. The van der Waals surface area contributed by atoms with Crippen molar-refractivity contribution in [3.05, 3.63) is 0 Å². The lowest BCUT2D eigenvalue weighted by molar-refractivity contribution is -0.243. The number of rotatable bonds is 20. The molecule has 0 unspecified atom stereocenters.